The molecule has 6 rings (SSSR count). The summed E-state index contributed by atoms with van der Waals surface area (Å²) in [7, 11) is 0. The maximum atomic E-state index is 10.3. The predicted molar refractivity (Wildman–Crippen MR) is 168 cm³/mol. The van der Waals surface area contributed by atoms with Crippen molar-refractivity contribution in [3.63, 3.8) is 0 Å². The van der Waals surface area contributed by atoms with Crippen molar-refractivity contribution >= 4 is 17.3 Å². The van der Waals surface area contributed by atoms with E-state index in [1.165, 1.54) is 5.56 Å². The van der Waals surface area contributed by atoms with Gasteiger partial charge in [0, 0.05) is 51.0 Å². The van der Waals surface area contributed by atoms with Crippen LogP contribution >= 0.6 is 0 Å². The number of aromatic nitrogens is 4. The summed E-state index contributed by atoms with van der Waals surface area (Å²) in [6.07, 6.45) is 2.87. The number of ether oxygens (including phenoxy) is 1. The Kier molecular flexibility index (Phi) is 8.63. The largest absolute Gasteiger partial charge is 0.507 e. The molecular formula is C33H36N8O2. The minimum atomic E-state index is 0.0456. The third-order valence-corrected chi connectivity index (χ3v) is 7.79. The lowest BCUT2D eigenvalue weighted by atomic mass is 10.1. The van der Waals surface area contributed by atoms with Crippen LogP contribution in [0.15, 0.2) is 72.9 Å². The number of hydrogen-bond acceptors (Lipinski definition) is 10. The van der Waals surface area contributed by atoms with Crippen molar-refractivity contribution in [2.75, 3.05) is 61.3 Å². The average Bonchev–Trinajstić information content (AvgIpc) is 3.29. The number of anilines is 3. The van der Waals surface area contributed by atoms with Crippen LogP contribution in [-0.2, 0) is 4.74 Å². The molecule has 2 aliphatic heterocycles. The highest BCUT2D eigenvalue weighted by molar-refractivity contribution is 5.74. The van der Waals surface area contributed by atoms with Gasteiger partial charge in [0.05, 0.1) is 30.1 Å². The molecule has 2 fully saturated rings. The Morgan fingerprint density at radius 3 is 2.60 bits per heavy atom. The van der Waals surface area contributed by atoms with Gasteiger partial charge in [-0.05, 0) is 49.1 Å². The second-order valence-corrected chi connectivity index (χ2v) is 10.9. The molecule has 43 heavy (non-hydrogen) atoms. The van der Waals surface area contributed by atoms with Crippen LogP contribution in [0.3, 0.4) is 0 Å². The van der Waals surface area contributed by atoms with E-state index in [1.54, 1.807) is 18.3 Å². The van der Waals surface area contributed by atoms with Gasteiger partial charge in [-0.15, -0.1) is 10.2 Å². The van der Waals surface area contributed by atoms with E-state index in [4.69, 9.17) is 15.5 Å². The predicted octanol–water partition coefficient (Wildman–Crippen LogP) is 3.75. The summed E-state index contributed by atoms with van der Waals surface area (Å²) in [4.78, 5) is 16.0. The van der Waals surface area contributed by atoms with E-state index in [2.05, 4.69) is 60.8 Å². The maximum Gasteiger partial charge on any atom is 0.206 e. The van der Waals surface area contributed by atoms with Gasteiger partial charge in [-0.25, -0.2) is 9.97 Å². The molecule has 4 aromatic rings. The SMILES string of the molecule is C[C@H]1CN(CC#Cc2nccc(N3CCCN(c4cc(-c5ccccc5O)nnc4N)CC3)n2)C[C@@H](c2ccccc2)O1. The van der Waals surface area contributed by atoms with E-state index in [-0.39, 0.29) is 18.0 Å². The quantitative estimate of drug-likeness (QED) is 0.340. The highest BCUT2D eigenvalue weighted by Gasteiger charge is 2.26. The van der Waals surface area contributed by atoms with Crippen LogP contribution in [0.4, 0.5) is 17.3 Å². The Labute approximate surface area is 252 Å². The fourth-order valence-electron chi connectivity index (χ4n) is 5.69. The second kappa shape index (κ2) is 13.1. The zero-order chi connectivity index (χ0) is 29.6. The highest BCUT2D eigenvalue weighted by Crippen LogP contribution is 2.32. The fourth-order valence-corrected chi connectivity index (χ4v) is 5.69. The Bertz CT molecular complexity index is 1610. The van der Waals surface area contributed by atoms with Gasteiger partial charge in [0.1, 0.15) is 11.6 Å². The topological polar surface area (TPSA) is 117 Å². The van der Waals surface area contributed by atoms with Crippen LogP contribution < -0.4 is 15.5 Å². The number of benzene rings is 2. The van der Waals surface area contributed by atoms with Crippen molar-refractivity contribution in [3.8, 4) is 28.8 Å². The van der Waals surface area contributed by atoms with E-state index < -0.39 is 0 Å². The summed E-state index contributed by atoms with van der Waals surface area (Å²) in [6, 6.07) is 21.3. The summed E-state index contributed by atoms with van der Waals surface area (Å²) < 4.78 is 6.19. The van der Waals surface area contributed by atoms with Gasteiger partial charge in [0.15, 0.2) is 5.82 Å². The Morgan fingerprint density at radius 2 is 1.74 bits per heavy atom. The first-order chi connectivity index (χ1) is 21.0. The molecule has 2 atom stereocenters. The second-order valence-electron chi connectivity index (χ2n) is 10.9. The smallest absolute Gasteiger partial charge is 0.206 e. The molecule has 220 valence electrons. The Balaban J connectivity index is 1.10. The van der Waals surface area contributed by atoms with Gasteiger partial charge in [-0.2, -0.15) is 0 Å². The first-order valence-corrected chi connectivity index (χ1v) is 14.7. The van der Waals surface area contributed by atoms with E-state index in [0.717, 1.165) is 57.2 Å². The summed E-state index contributed by atoms with van der Waals surface area (Å²) in [5.74, 6) is 8.39. The molecule has 2 aromatic heterocycles. The van der Waals surface area contributed by atoms with Crippen LogP contribution in [0, 0.1) is 11.8 Å². The van der Waals surface area contributed by atoms with Crippen LogP contribution in [0.1, 0.15) is 30.8 Å². The molecule has 0 amide bonds. The zero-order valence-electron chi connectivity index (χ0n) is 24.3. The molecule has 2 saturated heterocycles. The van der Waals surface area contributed by atoms with Crippen molar-refractivity contribution in [2.24, 2.45) is 0 Å². The zero-order valence-corrected chi connectivity index (χ0v) is 24.3. The molecule has 2 aliphatic rings. The van der Waals surface area contributed by atoms with Gasteiger partial charge < -0.3 is 25.4 Å². The average molecular weight is 577 g/mol. The van der Waals surface area contributed by atoms with E-state index in [0.29, 0.717) is 29.4 Å². The minimum absolute atomic E-state index is 0.0456. The number of morpholine rings is 1. The monoisotopic (exact) mass is 576 g/mol. The lowest BCUT2D eigenvalue weighted by Crippen LogP contribution is -2.42. The van der Waals surface area contributed by atoms with Crippen LogP contribution in [0.5, 0.6) is 5.75 Å². The summed E-state index contributed by atoms with van der Waals surface area (Å²) >= 11 is 0. The molecule has 0 spiro atoms. The number of hydrogen-bond donors (Lipinski definition) is 2. The Hall–Kier alpha value is -4.72. The molecule has 10 heteroatoms. The maximum absolute atomic E-state index is 10.3. The molecule has 4 heterocycles. The number of nitrogens with zero attached hydrogens (tertiary/aromatic N) is 7. The molecule has 0 radical (unpaired) electrons. The molecule has 0 unspecified atom stereocenters. The van der Waals surface area contributed by atoms with Crippen molar-refractivity contribution in [3.05, 3.63) is 84.3 Å². The molecule has 0 saturated carbocycles. The number of nitrogen functional groups attached to an aromatic ring is 1. The highest BCUT2D eigenvalue weighted by atomic mass is 16.5. The van der Waals surface area contributed by atoms with Crippen LogP contribution in [0.2, 0.25) is 0 Å². The summed E-state index contributed by atoms with van der Waals surface area (Å²) in [5, 5.41) is 18.7. The standard InChI is InChI=1S/C33H36N8O2/c1-24-22-39(23-30(43-24)25-9-3-2-4-10-25)16-7-13-31-35-15-14-32(36-31)41-18-8-17-40(19-20-41)28-21-27(37-38-33(28)34)26-11-5-6-12-29(26)42/h2-6,9-12,14-15,21,24,30,42H,8,16-20,22-23H2,1H3,(H2,34,38)/t24-,30-/m0/s1. The fraction of sp³-hybridized carbons (Fsp3) is 0.333. The van der Waals surface area contributed by atoms with Crippen molar-refractivity contribution in [1.29, 1.82) is 0 Å². The normalized spacial score (nSPS) is 19.4. The van der Waals surface area contributed by atoms with Crippen molar-refractivity contribution in [2.45, 2.75) is 25.6 Å². The van der Waals surface area contributed by atoms with E-state index in [9.17, 15) is 5.11 Å². The third kappa shape index (κ3) is 6.85. The minimum Gasteiger partial charge on any atom is -0.507 e. The molecule has 2 aromatic carbocycles. The number of phenols is 1. The number of rotatable bonds is 5. The van der Waals surface area contributed by atoms with E-state index >= 15 is 0 Å². The number of aromatic hydroxyl groups is 1. The lowest BCUT2D eigenvalue weighted by molar-refractivity contribution is -0.0752. The van der Waals surface area contributed by atoms with Crippen molar-refractivity contribution in [1.82, 2.24) is 25.1 Å². The van der Waals surface area contributed by atoms with Gasteiger partial charge in [0.2, 0.25) is 5.82 Å². The molecular weight excluding hydrogens is 540 g/mol. The first kappa shape index (κ1) is 28.4. The Morgan fingerprint density at radius 1 is 0.953 bits per heavy atom. The van der Waals surface area contributed by atoms with E-state index in [1.807, 2.05) is 42.5 Å². The summed E-state index contributed by atoms with van der Waals surface area (Å²) in [5.41, 5.74) is 9.48. The lowest BCUT2D eigenvalue weighted by Gasteiger charge is -2.36. The van der Waals surface area contributed by atoms with Gasteiger partial charge in [0.25, 0.3) is 0 Å². The molecule has 3 N–H and O–H groups in total. The third-order valence-electron chi connectivity index (χ3n) is 7.79. The van der Waals surface area contributed by atoms with Crippen LogP contribution in [-0.4, -0.2) is 82.1 Å². The van der Waals surface area contributed by atoms with Gasteiger partial charge >= 0.3 is 0 Å². The first-order valence-electron chi connectivity index (χ1n) is 14.7. The number of para-hydroxylation sites is 1. The number of phenolic OH excluding ortho intramolecular Hbond substituents is 1. The van der Waals surface area contributed by atoms with Gasteiger partial charge in [-0.1, -0.05) is 48.4 Å². The van der Waals surface area contributed by atoms with Crippen LogP contribution in [0.25, 0.3) is 11.3 Å². The summed E-state index contributed by atoms with van der Waals surface area (Å²) in [6.45, 7) is 7.53. The van der Waals surface area contributed by atoms with Gasteiger partial charge in [-0.3, -0.25) is 4.90 Å². The molecule has 0 aliphatic carbocycles. The molecule has 0 bridgehead atoms. The van der Waals surface area contributed by atoms with Crippen molar-refractivity contribution < 1.29 is 9.84 Å². The molecule has 10 nitrogen and oxygen atoms in total. The number of nitrogens with two attached hydrogens (primary N) is 1.